The molecule has 36 heavy (non-hydrogen) atoms. The van der Waals surface area contributed by atoms with E-state index in [2.05, 4.69) is 50.2 Å². The summed E-state index contributed by atoms with van der Waals surface area (Å²) in [4.78, 5) is 37.9. The molecule has 1 aliphatic rings. The van der Waals surface area contributed by atoms with Crippen molar-refractivity contribution < 1.29 is 24.1 Å². The third-order valence-electron chi connectivity index (χ3n) is 5.10. The Bertz CT molecular complexity index is 1460. The van der Waals surface area contributed by atoms with Gasteiger partial charge in [0, 0.05) is 29.3 Å². The second kappa shape index (κ2) is 10.7. The number of non-ortho nitro benzene ring substituents is 1. The van der Waals surface area contributed by atoms with E-state index < -0.39 is 15.8 Å². The van der Waals surface area contributed by atoms with Crippen molar-refractivity contribution in [3.8, 4) is 5.75 Å². The zero-order valence-corrected chi connectivity index (χ0v) is 22.8. The second-order valence-electron chi connectivity index (χ2n) is 7.62. The Morgan fingerprint density at radius 1 is 1.03 bits per heavy atom. The molecule has 10 nitrogen and oxygen atoms in total. The number of hydrogen-bond acceptors (Lipinski definition) is 8. The molecule has 3 aromatic rings. The fourth-order valence-electron chi connectivity index (χ4n) is 3.35. The Kier molecular flexibility index (Phi) is 7.63. The number of benzene rings is 3. The lowest BCUT2D eigenvalue weighted by molar-refractivity contribution is -0.385. The first-order valence-corrected chi connectivity index (χ1v) is 12.4. The Morgan fingerprint density at radius 2 is 1.75 bits per heavy atom. The van der Waals surface area contributed by atoms with Crippen LogP contribution in [0.5, 0.6) is 5.75 Å². The molecule has 0 fully saturated rings. The van der Waals surface area contributed by atoms with Gasteiger partial charge in [-0.3, -0.25) is 20.2 Å². The van der Waals surface area contributed by atoms with E-state index in [-0.39, 0.29) is 29.6 Å². The number of aliphatic imine (C=N–C) groups is 1. The van der Waals surface area contributed by atoms with Crippen molar-refractivity contribution in [2.45, 2.75) is 13.5 Å². The van der Waals surface area contributed by atoms with Gasteiger partial charge in [-0.05, 0) is 87.5 Å². The highest BCUT2D eigenvalue weighted by Crippen LogP contribution is 2.32. The molecular weight excluding hydrogens is 696 g/mol. The first kappa shape index (κ1) is 25.7. The molecule has 0 spiro atoms. The Balaban J connectivity index is 1.56. The van der Waals surface area contributed by atoms with Gasteiger partial charge in [0.25, 0.3) is 11.4 Å². The van der Waals surface area contributed by atoms with Gasteiger partial charge in [0.1, 0.15) is 12.4 Å². The van der Waals surface area contributed by atoms with E-state index in [4.69, 9.17) is 9.47 Å². The average molecular weight is 711 g/mol. The number of hydrogen-bond donors (Lipinski definition) is 0. The molecule has 4 rings (SSSR count). The van der Waals surface area contributed by atoms with Crippen LogP contribution in [0.15, 0.2) is 65.3 Å². The lowest BCUT2D eigenvalue weighted by Gasteiger charge is -2.11. The van der Waals surface area contributed by atoms with E-state index in [0.29, 0.717) is 28.0 Å². The molecule has 0 saturated heterocycles. The average Bonchev–Trinajstić information content (AvgIpc) is 3.18. The number of ether oxygens (including phenoxy) is 2. The fraction of sp³-hybridized carbons (Fsp3) is 0.0833. The van der Waals surface area contributed by atoms with E-state index >= 15 is 0 Å². The predicted octanol–water partition coefficient (Wildman–Crippen LogP) is 5.94. The largest absolute Gasteiger partial charge is 0.487 e. The van der Waals surface area contributed by atoms with E-state index in [0.717, 1.165) is 7.14 Å². The molecule has 182 valence electrons. The van der Waals surface area contributed by atoms with Crippen LogP contribution in [0, 0.1) is 34.3 Å². The summed E-state index contributed by atoms with van der Waals surface area (Å²) < 4.78 is 12.7. The van der Waals surface area contributed by atoms with Crippen molar-refractivity contribution in [3.63, 3.8) is 0 Å². The lowest BCUT2D eigenvalue weighted by atomic mass is 10.1. The minimum atomic E-state index is -0.663. The molecule has 0 radical (unpaired) electrons. The van der Waals surface area contributed by atoms with Gasteiger partial charge in [0.05, 0.1) is 17.0 Å². The summed E-state index contributed by atoms with van der Waals surface area (Å²) in [5.74, 6) is -0.0603. The van der Waals surface area contributed by atoms with Crippen LogP contribution in [-0.4, -0.2) is 21.7 Å². The number of halogens is 2. The normalized spacial score (nSPS) is 13.9. The SMILES string of the molecule is Cc1ccc(C2=N/C(=C\c3cc(I)c(OCc4cccc([N+](=O)[O-])c4)c(I)c3)C(=O)O2)cc1[N+](=O)[O-]. The zero-order valence-electron chi connectivity index (χ0n) is 18.4. The maximum atomic E-state index is 12.4. The highest BCUT2D eigenvalue weighted by atomic mass is 127. The molecule has 3 aromatic carbocycles. The number of nitrogens with zero attached hydrogens (tertiary/aromatic N) is 3. The van der Waals surface area contributed by atoms with E-state index in [9.17, 15) is 25.0 Å². The summed E-state index contributed by atoms with van der Waals surface area (Å²) in [5, 5.41) is 22.2. The molecule has 0 bridgehead atoms. The summed E-state index contributed by atoms with van der Waals surface area (Å²) in [6, 6.07) is 14.3. The van der Waals surface area contributed by atoms with Gasteiger partial charge in [0.2, 0.25) is 5.90 Å². The number of esters is 1. The first-order valence-electron chi connectivity index (χ1n) is 10.3. The maximum Gasteiger partial charge on any atom is 0.363 e. The van der Waals surface area contributed by atoms with Crippen LogP contribution in [0.1, 0.15) is 22.3 Å². The Morgan fingerprint density at radius 3 is 2.42 bits per heavy atom. The topological polar surface area (TPSA) is 134 Å². The molecule has 12 heteroatoms. The molecule has 0 unspecified atom stereocenters. The highest BCUT2D eigenvalue weighted by Gasteiger charge is 2.26. The third kappa shape index (κ3) is 5.70. The summed E-state index contributed by atoms with van der Waals surface area (Å²) in [6.45, 7) is 1.77. The standard InChI is InChI=1S/C24H15I2N3O7/c1-13-5-6-16(11-21(13)29(33)34)23-27-20(24(30)36-23)10-15-8-18(25)22(19(26)9-15)35-12-14-3-2-4-17(7-14)28(31)32/h2-11H,12H2,1H3/b20-10-. The number of rotatable bonds is 7. The van der Waals surface area contributed by atoms with Gasteiger partial charge in [-0.25, -0.2) is 9.79 Å². The highest BCUT2D eigenvalue weighted by molar-refractivity contribution is 14.1. The number of nitro benzene ring substituents is 2. The molecule has 0 atom stereocenters. The van der Waals surface area contributed by atoms with Gasteiger partial charge < -0.3 is 9.47 Å². The van der Waals surface area contributed by atoms with E-state index in [1.54, 1.807) is 49.4 Å². The van der Waals surface area contributed by atoms with Crippen molar-refractivity contribution >= 4 is 74.5 Å². The molecule has 0 amide bonds. The van der Waals surface area contributed by atoms with Crippen LogP contribution in [-0.2, 0) is 16.1 Å². The van der Waals surface area contributed by atoms with Gasteiger partial charge in [-0.1, -0.05) is 18.2 Å². The molecule has 1 aliphatic heterocycles. The zero-order chi connectivity index (χ0) is 26.0. The first-order chi connectivity index (χ1) is 17.1. The minimum Gasteiger partial charge on any atom is -0.487 e. The lowest BCUT2D eigenvalue weighted by Crippen LogP contribution is -2.06. The maximum absolute atomic E-state index is 12.4. The molecule has 0 aliphatic carbocycles. The predicted molar refractivity (Wildman–Crippen MR) is 148 cm³/mol. The summed E-state index contributed by atoms with van der Waals surface area (Å²) in [6.07, 6.45) is 1.56. The molecule has 1 heterocycles. The van der Waals surface area contributed by atoms with Crippen molar-refractivity contribution in [1.82, 2.24) is 0 Å². The molecule has 0 aromatic heterocycles. The number of carbonyl (C=O) groups excluding carboxylic acids is 1. The summed E-state index contributed by atoms with van der Waals surface area (Å²) in [5.41, 5.74) is 2.12. The minimum absolute atomic E-state index is 0.00403. The van der Waals surface area contributed by atoms with Crippen LogP contribution in [0.2, 0.25) is 0 Å². The van der Waals surface area contributed by atoms with Crippen LogP contribution >= 0.6 is 45.2 Å². The molecule has 0 N–H and O–H groups in total. The quantitative estimate of drug-likeness (QED) is 0.0974. The van der Waals surface area contributed by atoms with Crippen molar-refractivity contribution in [1.29, 1.82) is 0 Å². The number of nitro groups is 2. The summed E-state index contributed by atoms with van der Waals surface area (Å²) >= 11 is 4.21. The number of cyclic esters (lactones) is 1. The van der Waals surface area contributed by atoms with Gasteiger partial charge >= 0.3 is 5.97 Å². The summed E-state index contributed by atoms with van der Waals surface area (Å²) in [7, 11) is 0. The van der Waals surface area contributed by atoms with Crippen LogP contribution < -0.4 is 4.74 Å². The van der Waals surface area contributed by atoms with Gasteiger partial charge in [-0.15, -0.1) is 0 Å². The monoisotopic (exact) mass is 711 g/mol. The molecular formula is C24H15I2N3O7. The van der Waals surface area contributed by atoms with Crippen molar-refractivity contribution in [2.24, 2.45) is 4.99 Å². The number of aryl methyl sites for hydroxylation is 1. The van der Waals surface area contributed by atoms with Crippen LogP contribution in [0.3, 0.4) is 0 Å². The fourth-order valence-corrected chi connectivity index (χ4v) is 5.47. The Labute approximate surface area is 231 Å². The van der Waals surface area contributed by atoms with Crippen molar-refractivity contribution in [3.05, 3.63) is 110 Å². The van der Waals surface area contributed by atoms with Crippen molar-refractivity contribution in [2.75, 3.05) is 0 Å². The van der Waals surface area contributed by atoms with E-state index in [1.807, 2.05) is 0 Å². The van der Waals surface area contributed by atoms with Gasteiger partial charge in [0.15, 0.2) is 5.70 Å². The Hall–Kier alpha value is -3.40. The number of carbonyl (C=O) groups is 1. The smallest absolute Gasteiger partial charge is 0.363 e. The molecule has 0 saturated carbocycles. The third-order valence-corrected chi connectivity index (χ3v) is 6.70. The van der Waals surface area contributed by atoms with E-state index in [1.165, 1.54) is 18.2 Å². The second-order valence-corrected chi connectivity index (χ2v) is 9.95. The van der Waals surface area contributed by atoms with Gasteiger partial charge in [-0.2, -0.15) is 0 Å². The van der Waals surface area contributed by atoms with Crippen LogP contribution in [0.25, 0.3) is 6.08 Å². The van der Waals surface area contributed by atoms with Crippen LogP contribution in [0.4, 0.5) is 11.4 Å².